The minimum Gasteiger partial charge on any atom is -0.206 e. The van der Waals surface area contributed by atoms with E-state index in [1.165, 1.54) is 0 Å². The van der Waals surface area contributed by atoms with Crippen LogP contribution in [-0.4, -0.2) is 0 Å². The Morgan fingerprint density at radius 1 is 0.931 bits per heavy atom. The zero-order chi connectivity index (χ0) is 20.8. The van der Waals surface area contributed by atoms with Crippen LogP contribution in [0.2, 0.25) is 0 Å². The van der Waals surface area contributed by atoms with Crippen LogP contribution in [0, 0.1) is 23.4 Å². The fourth-order valence-corrected chi connectivity index (χ4v) is 4.42. The van der Waals surface area contributed by atoms with Gasteiger partial charge in [0.25, 0.3) is 0 Å². The molecule has 0 spiro atoms. The van der Waals surface area contributed by atoms with Crippen molar-refractivity contribution < 1.29 is 13.2 Å². The molecule has 0 nitrogen and oxygen atoms in total. The largest absolute Gasteiger partial charge is 0.206 e. The smallest absolute Gasteiger partial charge is 0.169 e. The number of allylic oxidation sites excluding steroid dienone is 4. The van der Waals surface area contributed by atoms with Gasteiger partial charge >= 0.3 is 0 Å². The van der Waals surface area contributed by atoms with Gasteiger partial charge in [0.05, 0.1) is 5.39 Å². The van der Waals surface area contributed by atoms with Crippen molar-refractivity contribution in [3.8, 4) is 0 Å². The van der Waals surface area contributed by atoms with Gasteiger partial charge in [0.2, 0.25) is 0 Å². The normalized spacial score (nSPS) is 20.3. The minimum absolute atomic E-state index is 0.00199. The van der Waals surface area contributed by atoms with Gasteiger partial charge in [-0.2, -0.15) is 0 Å². The predicted molar refractivity (Wildman–Crippen MR) is 116 cm³/mol. The topological polar surface area (TPSA) is 0 Å². The molecule has 3 rings (SSSR count). The predicted octanol–water partition coefficient (Wildman–Crippen LogP) is 8.40. The van der Waals surface area contributed by atoms with E-state index in [4.69, 9.17) is 0 Å². The van der Waals surface area contributed by atoms with Crippen LogP contribution in [0.25, 0.3) is 10.8 Å². The molecule has 1 aliphatic carbocycles. The zero-order valence-electron chi connectivity index (χ0n) is 17.5. The van der Waals surface area contributed by atoms with Crippen molar-refractivity contribution >= 4 is 10.8 Å². The van der Waals surface area contributed by atoms with Crippen LogP contribution in [0.1, 0.15) is 75.8 Å². The Balaban J connectivity index is 1.84. The maximum Gasteiger partial charge on any atom is 0.169 e. The van der Waals surface area contributed by atoms with E-state index < -0.39 is 17.5 Å². The van der Waals surface area contributed by atoms with Gasteiger partial charge in [-0.25, -0.2) is 13.2 Å². The molecule has 0 atom stereocenters. The highest BCUT2D eigenvalue weighted by Gasteiger charge is 2.26. The van der Waals surface area contributed by atoms with Gasteiger partial charge in [-0.15, -0.1) is 0 Å². The SMILES string of the molecule is C/C=C/CCc1ccc2cc(C3CCC(/C=C/CCC)CC3)c(F)c(F)c2c1F. The molecule has 2 aromatic rings. The third-order valence-electron chi connectivity index (χ3n) is 6.12. The molecule has 0 radical (unpaired) electrons. The number of aryl methyl sites for hydroxylation is 1. The number of unbranched alkanes of at least 4 members (excludes halogenated alkanes) is 1. The summed E-state index contributed by atoms with van der Waals surface area (Å²) in [7, 11) is 0. The first-order valence-corrected chi connectivity index (χ1v) is 10.9. The molecule has 29 heavy (non-hydrogen) atoms. The summed E-state index contributed by atoms with van der Waals surface area (Å²) in [5.74, 6) is -2.00. The molecule has 3 heteroatoms. The van der Waals surface area contributed by atoms with Gasteiger partial charge in [-0.1, -0.05) is 49.8 Å². The number of fused-ring (bicyclic) bond motifs is 1. The van der Waals surface area contributed by atoms with E-state index in [1.54, 1.807) is 18.2 Å². The van der Waals surface area contributed by atoms with E-state index in [-0.39, 0.29) is 11.3 Å². The molecule has 0 aliphatic heterocycles. The van der Waals surface area contributed by atoms with E-state index >= 15 is 0 Å². The average Bonchev–Trinajstić information content (AvgIpc) is 2.73. The fraction of sp³-hybridized carbons (Fsp3) is 0.462. The lowest BCUT2D eigenvalue weighted by atomic mass is 9.78. The van der Waals surface area contributed by atoms with E-state index in [9.17, 15) is 13.2 Å². The summed E-state index contributed by atoms with van der Waals surface area (Å²) in [5, 5.41) is 0.247. The summed E-state index contributed by atoms with van der Waals surface area (Å²) in [4.78, 5) is 0. The molecule has 1 aliphatic rings. The van der Waals surface area contributed by atoms with Crippen LogP contribution in [0.5, 0.6) is 0 Å². The van der Waals surface area contributed by atoms with Crippen molar-refractivity contribution in [1.29, 1.82) is 0 Å². The number of hydrogen-bond donors (Lipinski definition) is 0. The first-order valence-electron chi connectivity index (χ1n) is 10.9. The van der Waals surface area contributed by atoms with Gasteiger partial charge in [0.1, 0.15) is 5.82 Å². The molecule has 0 heterocycles. The minimum atomic E-state index is -1.03. The van der Waals surface area contributed by atoms with Crippen LogP contribution in [0.3, 0.4) is 0 Å². The average molecular weight is 401 g/mol. The van der Waals surface area contributed by atoms with Gasteiger partial charge in [0.15, 0.2) is 11.6 Å². The van der Waals surface area contributed by atoms with Crippen molar-refractivity contribution in [3.63, 3.8) is 0 Å². The highest BCUT2D eigenvalue weighted by molar-refractivity contribution is 5.85. The molecule has 0 bridgehead atoms. The molecule has 2 aromatic carbocycles. The van der Waals surface area contributed by atoms with E-state index in [0.29, 0.717) is 35.3 Å². The van der Waals surface area contributed by atoms with Crippen molar-refractivity contribution in [2.45, 2.75) is 71.1 Å². The second-order valence-electron chi connectivity index (χ2n) is 8.17. The molecule has 0 amide bonds. The number of rotatable bonds is 7. The molecule has 0 saturated heterocycles. The van der Waals surface area contributed by atoms with Crippen LogP contribution in [0.4, 0.5) is 13.2 Å². The van der Waals surface area contributed by atoms with Gasteiger partial charge in [-0.05, 0) is 86.3 Å². The zero-order valence-corrected chi connectivity index (χ0v) is 17.5. The quantitative estimate of drug-likeness (QED) is 0.409. The third kappa shape index (κ3) is 4.94. The van der Waals surface area contributed by atoms with Crippen LogP contribution >= 0.6 is 0 Å². The second-order valence-corrected chi connectivity index (χ2v) is 8.17. The van der Waals surface area contributed by atoms with E-state index in [0.717, 1.165) is 38.5 Å². The molecule has 0 aromatic heterocycles. The van der Waals surface area contributed by atoms with Crippen molar-refractivity contribution in [2.24, 2.45) is 5.92 Å². The first kappa shape index (κ1) is 21.7. The van der Waals surface area contributed by atoms with E-state index in [2.05, 4.69) is 19.1 Å². The molecule has 1 saturated carbocycles. The lowest BCUT2D eigenvalue weighted by Crippen LogP contribution is -2.14. The molecular formula is C26H31F3. The third-order valence-corrected chi connectivity index (χ3v) is 6.12. The second kappa shape index (κ2) is 10.1. The van der Waals surface area contributed by atoms with Crippen molar-refractivity contribution in [3.05, 3.63) is 71.1 Å². The maximum absolute atomic E-state index is 14.9. The summed E-state index contributed by atoms with van der Waals surface area (Å²) in [6, 6.07) is 5.11. The Morgan fingerprint density at radius 2 is 1.69 bits per heavy atom. The monoisotopic (exact) mass is 400 g/mol. The Morgan fingerprint density at radius 3 is 2.38 bits per heavy atom. The first-order chi connectivity index (χ1) is 14.1. The Hall–Kier alpha value is -2.03. The summed E-state index contributed by atoms with van der Waals surface area (Å²) in [5.41, 5.74) is 0.841. The van der Waals surface area contributed by atoms with Crippen LogP contribution in [-0.2, 0) is 6.42 Å². The highest BCUT2D eigenvalue weighted by Crippen LogP contribution is 2.40. The lowest BCUT2D eigenvalue weighted by Gasteiger charge is -2.28. The Labute approximate surface area is 172 Å². The number of benzene rings is 2. The van der Waals surface area contributed by atoms with E-state index in [1.807, 2.05) is 19.1 Å². The Bertz CT molecular complexity index is 887. The van der Waals surface area contributed by atoms with Crippen molar-refractivity contribution in [2.75, 3.05) is 0 Å². The highest BCUT2D eigenvalue weighted by atomic mass is 19.2. The summed E-state index contributed by atoms with van der Waals surface area (Å²) < 4.78 is 44.7. The molecule has 156 valence electrons. The van der Waals surface area contributed by atoms with Gasteiger partial charge < -0.3 is 0 Å². The summed E-state index contributed by atoms with van der Waals surface area (Å²) in [6.07, 6.45) is 15.4. The lowest BCUT2D eigenvalue weighted by molar-refractivity contribution is 0.364. The van der Waals surface area contributed by atoms with Crippen molar-refractivity contribution in [1.82, 2.24) is 0 Å². The van der Waals surface area contributed by atoms with Gasteiger partial charge in [0, 0.05) is 0 Å². The number of hydrogen-bond acceptors (Lipinski definition) is 0. The maximum atomic E-state index is 14.9. The fourth-order valence-electron chi connectivity index (χ4n) is 4.42. The van der Waals surface area contributed by atoms with Gasteiger partial charge in [-0.3, -0.25) is 0 Å². The standard InChI is InChI=1S/C26H31F3/c1-3-5-7-9-18-11-13-19(14-12-18)22-17-21-16-15-20(10-8-6-4-2)24(27)23(21)26(29)25(22)28/h4,6-7,9,15-19H,3,5,8,10-14H2,1-2H3/b6-4+,9-7+. The summed E-state index contributed by atoms with van der Waals surface area (Å²) in [6.45, 7) is 4.06. The molecular weight excluding hydrogens is 369 g/mol. The molecule has 0 unspecified atom stereocenters. The Kier molecular flexibility index (Phi) is 7.57. The molecule has 1 fully saturated rings. The number of halogens is 3. The van der Waals surface area contributed by atoms with Crippen LogP contribution < -0.4 is 0 Å². The summed E-state index contributed by atoms with van der Waals surface area (Å²) >= 11 is 0. The van der Waals surface area contributed by atoms with Crippen LogP contribution in [0.15, 0.2) is 42.5 Å². The molecule has 0 N–H and O–H groups in total.